The largest absolute Gasteiger partial charge is 0.478 e. The van der Waals surface area contributed by atoms with Crippen LogP contribution in [0.1, 0.15) is 29.3 Å². The van der Waals surface area contributed by atoms with Crippen molar-refractivity contribution in [3.63, 3.8) is 0 Å². The first kappa shape index (κ1) is 16.7. The van der Waals surface area contributed by atoms with Crippen LogP contribution in [0.5, 0.6) is 0 Å². The highest BCUT2D eigenvalue weighted by atomic mass is 32.2. The number of aryl methyl sites for hydroxylation is 1. The highest BCUT2D eigenvalue weighted by Gasteiger charge is 2.25. The van der Waals surface area contributed by atoms with Crippen molar-refractivity contribution in [2.75, 3.05) is 31.0 Å². The Morgan fingerprint density at radius 3 is 2.82 bits per heavy atom. The van der Waals surface area contributed by atoms with Crippen molar-refractivity contribution in [1.29, 1.82) is 0 Å². The first-order valence-corrected chi connectivity index (χ1v) is 8.60. The van der Waals surface area contributed by atoms with Gasteiger partial charge in [0.2, 0.25) is 0 Å². The summed E-state index contributed by atoms with van der Waals surface area (Å²) in [5.74, 6) is -1.16. The van der Waals surface area contributed by atoms with E-state index in [0.717, 1.165) is 5.56 Å². The molecule has 0 aliphatic carbocycles. The summed E-state index contributed by atoms with van der Waals surface area (Å²) in [5, 5.41) is 9.27. The third-order valence-electron chi connectivity index (χ3n) is 3.48. The maximum Gasteiger partial charge on any atom is 0.337 e. The lowest BCUT2D eigenvalue weighted by Crippen LogP contribution is -2.37. The van der Waals surface area contributed by atoms with Gasteiger partial charge < -0.3 is 9.84 Å². The minimum atomic E-state index is -3.80. The summed E-state index contributed by atoms with van der Waals surface area (Å²) in [6.45, 7) is 3.37. The van der Waals surface area contributed by atoms with E-state index in [1.165, 1.54) is 16.4 Å². The van der Waals surface area contributed by atoms with Crippen molar-refractivity contribution >= 4 is 21.9 Å². The van der Waals surface area contributed by atoms with Crippen LogP contribution < -0.4 is 4.72 Å². The fourth-order valence-corrected chi connectivity index (χ4v) is 3.51. The summed E-state index contributed by atoms with van der Waals surface area (Å²) < 4.78 is 33.7. The number of rotatable bonds is 5. The quantitative estimate of drug-likeness (QED) is 0.850. The second kappa shape index (κ2) is 7.08. The maximum absolute atomic E-state index is 12.4. The molecule has 1 saturated heterocycles. The minimum absolute atomic E-state index is 0.0472. The summed E-state index contributed by atoms with van der Waals surface area (Å²) in [5.41, 5.74) is 0.868. The van der Waals surface area contributed by atoms with Crippen LogP contribution in [0.3, 0.4) is 0 Å². The Bertz CT molecular complexity index is 637. The van der Waals surface area contributed by atoms with E-state index in [9.17, 15) is 18.3 Å². The zero-order chi connectivity index (χ0) is 16.2. The molecule has 2 rings (SSSR count). The van der Waals surface area contributed by atoms with Crippen LogP contribution >= 0.6 is 0 Å². The van der Waals surface area contributed by atoms with Crippen LogP contribution in [-0.4, -0.2) is 50.1 Å². The van der Waals surface area contributed by atoms with Crippen molar-refractivity contribution in [3.05, 3.63) is 29.3 Å². The van der Waals surface area contributed by atoms with Gasteiger partial charge in [0.15, 0.2) is 0 Å². The summed E-state index contributed by atoms with van der Waals surface area (Å²) in [4.78, 5) is 11.3. The van der Waals surface area contributed by atoms with Gasteiger partial charge in [-0.2, -0.15) is 12.7 Å². The third-order valence-corrected chi connectivity index (χ3v) is 5.01. The Morgan fingerprint density at radius 2 is 2.14 bits per heavy atom. The lowest BCUT2D eigenvalue weighted by Gasteiger charge is -2.21. The maximum atomic E-state index is 12.4. The highest BCUT2D eigenvalue weighted by molar-refractivity contribution is 7.90. The van der Waals surface area contributed by atoms with E-state index in [1.807, 2.05) is 6.92 Å². The number of carboxylic acid groups (broad SMARTS) is 1. The van der Waals surface area contributed by atoms with Crippen LogP contribution in [0.2, 0.25) is 0 Å². The monoisotopic (exact) mass is 328 g/mol. The van der Waals surface area contributed by atoms with Crippen molar-refractivity contribution < 1.29 is 23.1 Å². The molecule has 122 valence electrons. The van der Waals surface area contributed by atoms with Gasteiger partial charge in [-0.05, 0) is 30.5 Å². The van der Waals surface area contributed by atoms with E-state index in [-0.39, 0.29) is 17.8 Å². The van der Waals surface area contributed by atoms with Gasteiger partial charge in [-0.15, -0.1) is 0 Å². The molecule has 0 unspecified atom stereocenters. The molecule has 1 aromatic rings. The molecule has 0 radical (unpaired) electrons. The molecule has 1 aliphatic heterocycles. The number of benzene rings is 1. The van der Waals surface area contributed by atoms with Crippen molar-refractivity contribution in [3.8, 4) is 0 Å². The van der Waals surface area contributed by atoms with Gasteiger partial charge in [0.1, 0.15) is 0 Å². The predicted molar refractivity (Wildman–Crippen MR) is 82.3 cm³/mol. The van der Waals surface area contributed by atoms with Crippen LogP contribution in [-0.2, 0) is 21.4 Å². The average Bonchev–Trinajstić information content (AvgIpc) is 2.76. The van der Waals surface area contributed by atoms with E-state index in [4.69, 9.17) is 4.74 Å². The van der Waals surface area contributed by atoms with Crippen LogP contribution in [0, 0.1) is 0 Å². The molecule has 2 N–H and O–H groups in total. The standard InChI is InChI=1S/C14H20N2O5S/c1-2-11-4-5-13(12(10-11)14(17)18)15-22(19,20)16-6-3-8-21-9-7-16/h4-5,10,15H,2-3,6-9H2,1H3,(H,17,18). The lowest BCUT2D eigenvalue weighted by atomic mass is 10.1. The SMILES string of the molecule is CCc1ccc(NS(=O)(=O)N2CCCOCC2)c(C(=O)O)c1. The number of ether oxygens (including phenoxy) is 1. The lowest BCUT2D eigenvalue weighted by molar-refractivity contribution is 0.0698. The second-order valence-corrected chi connectivity index (χ2v) is 6.68. The fourth-order valence-electron chi connectivity index (χ4n) is 2.24. The summed E-state index contributed by atoms with van der Waals surface area (Å²) in [6, 6.07) is 4.70. The Kier molecular flexibility index (Phi) is 5.38. The van der Waals surface area contributed by atoms with Crippen molar-refractivity contribution in [2.24, 2.45) is 0 Å². The first-order chi connectivity index (χ1) is 10.4. The number of nitrogens with one attached hydrogen (secondary N) is 1. The number of hydrogen-bond acceptors (Lipinski definition) is 4. The molecule has 0 amide bonds. The number of nitrogens with zero attached hydrogens (tertiary/aromatic N) is 1. The van der Waals surface area contributed by atoms with Gasteiger partial charge in [0.05, 0.1) is 17.9 Å². The number of hydrogen-bond donors (Lipinski definition) is 2. The van der Waals surface area contributed by atoms with Crippen molar-refractivity contribution in [2.45, 2.75) is 19.8 Å². The van der Waals surface area contributed by atoms with Gasteiger partial charge in [-0.3, -0.25) is 4.72 Å². The molecule has 0 aromatic heterocycles. The van der Waals surface area contributed by atoms with E-state index in [0.29, 0.717) is 32.6 Å². The third kappa shape index (κ3) is 3.96. The smallest absolute Gasteiger partial charge is 0.337 e. The average molecular weight is 328 g/mol. The molecule has 7 nitrogen and oxygen atoms in total. The summed E-state index contributed by atoms with van der Waals surface area (Å²) >= 11 is 0. The molecule has 0 saturated carbocycles. The number of anilines is 1. The van der Waals surface area contributed by atoms with Crippen molar-refractivity contribution in [1.82, 2.24) is 4.31 Å². The Labute approximate surface area is 130 Å². The zero-order valence-electron chi connectivity index (χ0n) is 12.4. The number of carbonyl (C=O) groups is 1. The summed E-state index contributed by atoms with van der Waals surface area (Å²) in [6.07, 6.45) is 1.29. The molecule has 22 heavy (non-hydrogen) atoms. The predicted octanol–water partition coefficient (Wildman–Crippen LogP) is 1.33. The number of carboxylic acids is 1. The minimum Gasteiger partial charge on any atom is -0.478 e. The van der Waals surface area contributed by atoms with Crippen LogP contribution in [0.25, 0.3) is 0 Å². The Hall–Kier alpha value is -1.64. The topological polar surface area (TPSA) is 95.9 Å². The van der Waals surface area contributed by atoms with E-state index in [1.54, 1.807) is 6.07 Å². The second-order valence-electron chi connectivity index (χ2n) is 5.01. The Balaban J connectivity index is 2.26. The molecule has 0 bridgehead atoms. The van der Waals surface area contributed by atoms with Gasteiger partial charge in [-0.1, -0.05) is 13.0 Å². The van der Waals surface area contributed by atoms with Gasteiger partial charge in [0, 0.05) is 19.7 Å². The van der Waals surface area contributed by atoms with Gasteiger partial charge >= 0.3 is 16.2 Å². The highest BCUT2D eigenvalue weighted by Crippen LogP contribution is 2.21. The van der Waals surface area contributed by atoms with E-state index in [2.05, 4.69) is 4.72 Å². The summed E-state index contributed by atoms with van der Waals surface area (Å²) in [7, 11) is -3.80. The first-order valence-electron chi connectivity index (χ1n) is 7.16. The molecule has 0 spiro atoms. The van der Waals surface area contributed by atoms with Crippen LogP contribution in [0.15, 0.2) is 18.2 Å². The molecule has 8 heteroatoms. The van der Waals surface area contributed by atoms with Gasteiger partial charge in [0.25, 0.3) is 0 Å². The van der Waals surface area contributed by atoms with E-state index >= 15 is 0 Å². The molecule has 1 heterocycles. The molecule has 1 aliphatic rings. The molecular formula is C14H20N2O5S. The van der Waals surface area contributed by atoms with Crippen LogP contribution in [0.4, 0.5) is 5.69 Å². The number of aromatic carboxylic acids is 1. The molecule has 0 atom stereocenters. The Morgan fingerprint density at radius 1 is 1.36 bits per heavy atom. The molecule has 1 aromatic carbocycles. The molecular weight excluding hydrogens is 308 g/mol. The fraction of sp³-hybridized carbons (Fsp3) is 0.500. The zero-order valence-corrected chi connectivity index (χ0v) is 13.2. The molecule has 1 fully saturated rings. The normalized spacial score (nSPS) is 17.0. The van der Waals surface area contributed by atoms with Gasteiger partial charge in [-0.25, -0.2) is 4.79 Å². The van der Waals surface area contributed by atoms with E-state index < -0.39 is 16.2 Å².